The maximum atomic E-state index is 12.1. The maximum absolute atomic E-state index is 12.1. The van der Waals surface area contributed by atoms with Crippen LogP contribution in [0.5, 0.6) is 0 Å². The second-order valence-electron chi connectivity index (χ2n) is 5.39. The van der Waals surface area contributed by atoms with Gasteiger partial charge in [0.1, 0.15) is 12.4 Å². The van der Waals surface area contributed by atoms with Gasteiger partial charge < -0.3 is 9.88 Å². The van der Waals surface area contributed by atoms with Gasteiger partial charge in [0, 0.05) is 24.9 Å². The summed E-state index contributed by atoms with van der Waals surface area (Å²) in [4.78, 5) is 23.8. The summed E-state index contributed by atoms with van der Waals surface area (Å²) in [5, 5.41) is 7.05. The summed E-state index contributed by atoms with van der Waals surface area (Å²) in [6, 6.07) is 16.6. The van der Waals surface area contributed by atoms with Gasteiger partial charge in [-0.2, -0.15) is 5.10 Å². The van der Waals surface area contributed by atoms with Gasteiger partial charge in [0.05, 0.1) is 6.20 Å². The number of carbonyl (C=O) groups excluding carboxylic acids is 1. The molecule has 3 aromatic rings. The molecule has 1 amide bonds. The third-order valence-corrected chi connectivity index (χ3v) is 3.65. The van der Waals surface area contributed by atoms with E-state index in [0.29, 0.717) is 12.4 Å². The summed E-state index contributed by atoms with van der Waals surface area (Å²) in [5.41, 5.74) is 1.01. The van der Waals surface area contributed by atoms with Crippen LogP contribution in [0, 0.1) is 0 Å². The minimum Gasteiger partial charge on any atom is -0.309 e. The van der Waals surface area contributed by atoms with E-state index in [-0.39, 0.29) is 18.0 Å². The fourth-order valence-electron chi connectivity index (χ4n) is 2.43. The largest absolute Gasteiger partial charge is 0.309 e. The van der Waals surface area contributed by atoms with E-state index in [0.717, 1.165) is 6.42 Å². The molecule has 6 heteroatoms. The minimum absolute atomic E-state index is 0.0243. The number of nitrogens with one attached hydrogen (secondary N) is 1. The Balaban J connectivity index is 1.62. The van der Waals surface area contributed by atoms with Crippen molar-refractivity contribution >= 4 is 11.7 Å². The average molecular weight is 322 g/mol. The molecule has 0 unspecified atom stereocenters. The Morgan fingerprint density at radius 1 is 1.04 bits per heavy atom. The van der Waals surface area contributed by atoms with E-state index in [1.165, 1.54) is 16.2 Å². The van der Waals surface area contributed by atoms with Crippen molar-refractivity contribution in [2.75, 3.05) is 5.32 Å². The first kappa shape index (κ1) is 15.7. The van der Waals surface area contributed by atoms with Gasteiger partial charge in [0.2, 0.25) is 5.91 Å². The zero-order valence-corrected chi connectivity index (χ0v) is 13.1. The quantitative estimate of drug-likeness (QED) is 0.754. The molecule has 0 spiro atoms. The molecule has 0 aliphatic heterocycles. The number of benzene rings is 1. The van der Waals surface area contributed by atoms with Gasteiger partial charge in [0.15, 0.2) is 0 Å². The van der Waals surface area contributed by atoms with Gasteiger partial charge in [-0.25, -0.2) is 4.68 Å². The summed E-state index contributed by atoms with van der Waals surface area (Å²) in [5.74, 6) is 0.365. The number of nitrogens with zero attached hydrogens (tertiary/aromatic N) is 3. The van der Waals surface area contributed by atoms with Crippen molar-refractivity contribution in [1.29, 1.82) is 0 Å². The molecule has 1 N–H and O–H groups in total. The van der Waals surface area contributed by atoms with Crippen molar-refractivity contribution in [2.24, 2.45) is 0 Å². The SMILES string of the molecule is O=C(Cn1ccccc1=O)Nc1ccnn1CCc1ccccc1. The molecule has 1 aromatic carbocycles. The molecule has 24 heavy (non-hydrogen) atoms. The third kappa shape index (κ3) is 3.98. The Morgan fingerprint density at radius 2 is 1.83 bits per heavy atom. The second kappa shape index (κ2) is 7.41. The van der Waals surface area contributed by atoms with Crippen LogP contribution in [-0.2, 0) is 24.3 Å². The standard InChI is InChI=1S/C18H18N4O2/c23-17(14-21-12-5-4-8-18(21)24)20-16-9-11-19-22(16)13-10-15-6-2-1-3-7-15/h1-9,11-12H,10,13-14H2,(H,20,23). The Hall–Kier alpha value is -3.15. The van der Waals surface area contributed by atoms with Crippen LogP contribution in [0.4, 0.5) is 5.82 Å². The molecule has 6 nitrogen and oxygen atoms in total. The predicted octanol–water partition coefficient (Wildman–Crippen LogP) is 1.93. The fraction of sp³-hybridized carbons (Fsp3) is 0.167. The Morgan fingerprint density at radius 3 is 2.62 bits per heavy atom. The summed E-state index contributed by atoms with van der Waals surface area (Å²) in [7, 11) is 0. The Bertz CT molecular complexity index is 868. The lowest BCUT2D eigenvalue weighted by Gasteiger charge is -2.10. The molecule has 0 bridgehead atoms. The summed E-state index contributed by atoms with van der Waals surface area (Å²) in [6.45, 7) is 0.640. The molecule has 0 saturated heterocycles. The highest BCUT2D eigenvalue weighted by Crippen LogP contribution is 2.09. The van der Waals surface area contributed by atoms with E-state index in [2.05, 4.69) is 22.5 Å². The third-order valence-electron chi connectivity index (χ3n) is 3.65. The lowest BCUT2D eigenvalue weighted by Crippen LogP contribution is -2.27. The molecule has 0 fully saturated rings. The van der Waals surface area contributed by atoms with Crippen LogP contribution in [0.2, 0.25) is 0 Å². The van der Waals surface area contributed by atoms with Crippen molar-refractivity contribution in [3.05, 3.63) is 82.9 Å². The monoisotopic (exact) mass is 322 g/mol. The van der Waals surface area contributed by atoms with E-state index in [1.54, 1.807) is 35.3 Å². The predicted molar refractivity (Wildman–Crippen MR) is 91.7 cm³/mol. The Kier molecular flexibility index (Phi) is 4.86. The first-order valence-corrected chi connectivity index (χ1v) is 7.73. The number of aryl methyl sites for hydroxylation is 2. The molecule has 122 valence electrons. The minimum atomic E-state index is -0.259. The van der Waals surface area contributed by atoms with Gasteiger partial charge in [0.25, 0.3) is 5.56 Å². The average Bonchev–Trinajstić information content (AvgIpc) is 3.03. The van der Waals surface area contributed by atoms with Crippen LogP contribution >= 0.6 is 0 Å². The summed E-state index contributed by atoms with van der Waals surface area (Å²) < 4.78 is 3.11. The van der Waals surface area contributed by atoms with E-state index >= 15 is 0 Å². The van der Waals surface area contributed by atoms with Crippen LogP contribution in [0.15, 0.2) is 71.8 Å². The van der Waals surface area contributed by atoms with Crippen LogP contribution in [0.25, 0.3) is 0 Å². The number of anilines is 1. The van der Waals surface area contributed by atoms with Crippen molar-refractivity contribution < 1.29 is 4.79 Å². The molecule has 0 aliphatic rings. The van der Waals surface area contributed by atoms with E-state index in [4.69, 9.17) is 0 Å². The first-order valence-electron chi connectivity index (χ1n) is 7.73. The van der Waals surface area contributed by atoms with Crippen molar-refractivity contribution in [3.8, 4) is 0 Å². The lowest BCUT2D eigenvalue weighted by atomic mass is 10.1. The number of hydrogen-bond acceptors (Lipinski definition) is 3. The smallest absolute Gasteiger partial charge is 0.250 e. The van der Waals surface area contributed by atoms with Gasteiger partial charge in [-0.3, -0.25) is 9.59 Å². The topological polar surface area (TPSA) is 68.9 Å². The van der Waals surface area contributed by atoms with Crippen LogP contribution in [-0.4, -0.2) is 20.3 Å². The van der Waals surface area contributed by atoms with Crippen molar-refractivity contribution in [1.82, 2.24) is 14.3 Å². The highest BCUT2D eigenvalue weighted by atomic mass is 16.2. The zero-order valence-electron chi connectivity index (χ0n) is 13.1. The van der Waals surface area contributed by atoms with Gasteiger partial charge in [-0.05, 0) is 18.1 Å². The highest BCUT2D eigenvalue weighted by Gasteiger charge is 2.08. The lowest BCUT2D eigenvalue weighted by molar-refractivity contribution is -0.116. The second-order valence-corrected chi connectivity index (χ2v) is 5.39. The van der Waals surface area contributed by atoms with Gasteiger partial charge >= 0.3 is 0 Å². The summed E-state index contributed by atoms with van der Waals surface area (Å²) >= 11 is 0. The molecular weight excluding hydrogens is 304 g/mol. The normalized spacial score (nSPS) is 10.5. The molecule has 0 radical (unpaired) electrons. The number of pyridine rings is 1. The van der Waals surface area contributed by atoms with Gasteiger partial charge in [-0.1, -0.05) is 36.4 Å². The van der Waals surface area contributed by atoms with E-state index < -0.39 is 0 Å². The van der Waals surface area contributed by atoms with E-state index in [9.17, 15) is 9.59 Å². The van der Waals surface area contributed by atoms with Crippen LogP contribution in [0.3, 0.4) is 0 Å². The van der Waals surface area contributed by atoms with Crippen LogP contribution < -0.4 is 10.9 Å². The summed E-state index contributed by atoms with van der Waals surface area (Å²) in [6.07, 6.45) is 4.06. The molecule has 0 saturated carbocycles. The van der Waals surface area contributed by atoms with E-state index in [1.807, 2.05) is 18.2 Å². The number of amides is 1. The molecule has 0 aliphatic carbocycles. The van der Waals surface area contributed by atoms with Crippen molar-refractivity contribution in [2.45, 2.75) is 19.5 Å². The molecule has 0 atom stereocenters. The first-order chi connectivity index (χ1) is 11.7. The van der Waals surface area contributed by atoms with Crippen LogP contribution in [0.1, 0.15) is 5.56 Å². The zero-order chi connectivity index (χ0) is 16.8. The number of rotatable bonds is 6. The number of carbonyl (C=O) groups is 1. The van der Waals surface area contributed by atoms with Crippen molar-refractivity contribution in [3.63, 3.8) is 0 Å². The number of aromatic nitrogens is 3. The highest BCUT2D eigenvalue weighted by molar-refractivity contribution is 5.89. The number of hydrogen-bond donors (Lipinski definition) is 1. The molecule has 2 heterocycles. The molecule has 3 rings (SSSR count). The molecular formula is C18H18N4O2. The fourth-order valence-corrected chi connectivity index (χ4v) is 2.43. The maximum Gasteiger partial charge on any atom is 0.250 e. The van der Waals surface area contributed by atoms with Gasteiger partial charge in [-0.15, -0.1) is 0 Å². The Labute approximate surface area is 139 Å². The molecule has 2 aromatic heterocycles.